The molecule has 0 saturated heterocycles. The third kappa shape index (κ3) is 5.16. The Morgan fingerprint density at radius 2 is 1.90 bits per heavy atom. The van der Waals surface area contributed by atoms with E-state index in [1.807, 2.05) is 6.07 Å². The maximum atomic E-state index is 5.47. The van der Waals surface area contributed by atoms with E-state index in [0.717, 1.165) is 42.9 Å². The minimum Gasteiger partial charge on any atom is -0.370 e. The molecule has 0 bridgehead atoms. The summed E-state index contributed by atoms with van der Waals surface area (Å²) in [4.78, 5) is 8.91. The van der Waals surface area contributed by atoms with Crippen molar-refractivity contribution in [2.45, 2.75) is 58.8 Å². The van der Waals surface area contributed by atoms with E-state index in [1.165, 1.54) is 32.1 Å². The lowest BCUT2D eigenvalue weighted by Gasteiger charge is -2.26. The van der Waals surface area contributed by atoms with Crippen LogP contribution in [0.15, 0.2) is 6.07 Å². The summed E-state index contributed by atoms with van der Waals surface area (Å²) in [7, 11) is 0. The van der Waals surface area contributed by atoms with Crippen molar-refractivity contribution >= 4 is 11.6 Å². The van der Waals surface area contributed by atoms with Crippen molar-refractivity contribution in [2.24, 2.45) is 17.7 Å². The maximum Gasteiger partial charge on any atom is 0.145 e. The molecule has 0 atom stereocenters. The summed E-state index contributed by atoms with van der Waals surface area (Å²) >= 11 is 0. The Kier molecular flexibility index (Phi) is 6.23. The van der Waals surface area contributed by atoms with Crippen molar-refractivity contribution in [1.29, 1.82) is 0 Å². The molecular weight excluding hydrogens is 262 g/mol. The number of nitrogens with two attached hydrogens (primary N) is 1. The zero-order valence-electron chi connectivity index (χ0n) is 13.4. The molecule has 0 unspecified atom stereocenters. The van der Waals surface area contributed by atoms with Crippen molar-refractivity contribution in [3.63, 3.8) is 0 Å². The number of nitrogens with zero attached hydrogens (tertiary/aromatic N) is 2. The summed E-state index contributed by atoms with van der Waals surface area (Å²) in [5, 5.41) is 3.43. The highest BCUT2D eigenvalue weighted by Gasteiger charge is 2.17. The number of aromatic nitrogens is 2. The molecule has 0 aliphatic heterocycles. The average molecular weight is 291 g/mol. The SMILES string of the molecule is CCCc1nc(NN)cc(NCCC2CCC(C)CC2)n1. The van der Waals surface area contributed by atoms with Crippen molar-refractivity contribution < 1.29 is 0 Å². The number of nitrogen functional groups attached to an aromatic ring is 1. The van der Waals surface area contributed by atoms with E-state index in [9.17, 15) is 0 Å². The number of hydrogen-bond acceptors (Lipinski definition) is 5. The molecule has 5 heteroatoms. The Morgan fingerprint density at radius 3 is 2.57 bits per heavy atom. The van der Waals surface area contributed by atoms with Crippen LogP contribution in [0.25, 0.3) is 0 Å². The maximum absolute atomic E-state index is 5.47. The van der Waals surface area contributed by atoms with Gasteiger partial charge in [0.2, 0.25) is 0 Å². The largest absolute Gasteiger partial charge is 0.370 e. The molecule has 4 N–H and O–H groups in total. The molecule has 0 amide bonds. The molecule has 1 saturated carbocycles. The van der Waals surface area contributed by atoms with Crippen LogP contribution in [0.4, 0.5) is 11.6 Å². The van der Waals surface area contributed by atoms with Gasteiger partial charge in [-0.25, -0.2) is 15.8 Å². The van der Waals surface area contributed by atoms with Gasteiger partial charge in [0.05, 0.1) is 0 Å². The Hall–Kier alpha value is -1.36. The first-order valence-corrected chi connectivity index (χ1v) is 8.29. The first-order chi connectivity index (χ1) is 10.2. The Bertz CT molecular complexity index is 427. The predicted molar refractivity (Wildman–Crippen MR) is 88.1 cm³/mol. The lowest BCUT2D eigenvalue weighted by Crippen LogP contribution is -2.17. The van der Waals surface area contributed by atoms with Gasteiger partial charge in [-0.3, -0.25) is 0 Å². The third-order valence-corrected chi connectivity index (χ3v) is 4.39. The Labute approximate surface area is 128 Å². The topological polar surface area (TPSA) is 75.9 Å². The Balaban J connectivity index is 1.83. The molecule has 1 aliphatic carbocycles. The summed E-state index contributed by atoms with van der Waals surface area (Å²) in [6.45, 7) is 5.47. The second-order valence-electron chi connectivity index (χ2n) is 6.29. The second-order valence-corrected chi connectivity index (χ2v) is 6.29. The molecule has 5 nitrogen and oxygen atoms in total. The number of rotatable bonds is 7. The molecule has 1 fully saturated rings. The predicted octanol–water partition coefficient (Wildman–Crippen LogP) is 3.34. The van der Waals surface area contributed by atoms with Crippen LogP contribution in [-0.4, -0.2) is 16.5 Å². The van der Waals surface area contributed by atoms with E-state index in [0.29, 0.717) is 5.82 Å². The highest BCUT2D eigenvalue weighted by molar-refractivity contribution is 5.46. The highest BCUT2D eigenvalue weighted by atomic mass is 15.3. The van der Waals surface area contributed by atoms with Gasteiger partial charge in [0, 0.05) is 19.0 Å². The van der Waals surface area contributed by atoms with Crippen LogP contribution in [0.5, 0.6) is 0 Å². The normalized spacial score (nSPS) is 22.0. The summed E-state index contributed by atoms with van der Waals surface area (Å²) < 4.78 is 0. The molecule has 0 aromatic carbocycles. The van der Waals surface area contributed by atoms with Crippen molar-refractivity contribution in [3.05, 3.63) is 11.9 Å². The number of hydrogen-bond donors (Lipinski definition) is 3. The Morgan fingerprint density at radius 1 is 1.19 bits per heavy atom. The summed E-state index contributed by atoms with van der Waals surface area (Å²) in [6, 6.07) is 1.88. The van der Waals surface area contributed by atoms with Crippen LogP contribution >= 0.6 is 0 Å². The van der Waals surface area contributed by atoms with Gasteiger partial charge in [-0.05, 0) is 24.7 Å². The van der Waals surface area contributed by atoms with Crippen LogP contribution in [0.1, 0.15) is 58.2 Å². The van der Waals surface area contributed by atoms with Gasteiger partial charge in [-0.1, -0.05) is 39.5 Å². The van der Waals surface area contributed by atoms with E-state index in [4.69, 9.17) is 5.84 Å². The lowest BCUT2D eigenvalue weighted by molar-refractivity contribution is 0.282. The number of nitrogens with one attached hydrogen (secondary N) is 2. The second kappa shape index (κ2) is 8.17. The van der Waals surface area contributed by atoms with Gasteiger partial charge >= 0.3 is 0 Å². The van der Waals surface area contributed by atoms with E-state index in [1.54, 1.807) is 0 Å². The highest BCUT2D eigenvalue weighted by Crippen LogP contribution is 2.30. The molecular formula is C16H29N5. The van der Waals surface area contributed by atoms with E-state index >= 15 is 0 Å². The lowest BCUT2D eigenvalue weighted by atomic mass is 9.81. The molecule has 0 spiro atoms. The molecule has 1 aliphatic rings. The summed E-state index contributed by atoms with van der Waals surface area (Å²) in [5.41, 5.74) is 2.62. The van der Waals surface area contributed by atoms with E-state index in [-0.39, 0.29) is 0 Å². The van der Waals surface area contributed by atoms with Gasteiger partial charge in [0.1, 0.15) is 17.5 Å². The van der Waals surface area contributed by atoms with Crippen LogP contribution in [0.2, 0.25) is 0 Å². The monoisotopic (exact) mass is 291 g/mol. The smallest absolute Gasteiger partial charge is 0.145 e. The molecule has 1 heterocycles. The fraction of sp³-hybridized carbons (Fsp3) is 0.750. The fourth-order valence-electron chi connectivity index (χ4n) is 3.02. The number of anilines is 2. The van der Waals surface area contributed by atoms with Gasteiger partial charge in [-0.15, -0.1) is 0 Å². The molecule has 118 valence electrons. The van der Waals surface area contributed by atoms with Gasteiger partial charge in [0.15, 0.2) is 0 Å². The minimum absolute atomic E-state index is 0.683. The summed E-state index contributed by atoms with van der Waals surface area (Å²) in [6.07, 6.45) is 8.68. The number of hydrazine groups is 1. The van der Waals surface area contributed by atoms with Crippen LogP contribution < -0.4 is 16.6 Å². The fourth-order valence-corrected chi connectivity index (χ4v) is 3.02. The van der Waals surface area contributed by atoms with Gasteiger partial charge < -0.3 is 10.7 Å². The molecule has 1 aromatic rings. The number of aryl methyl sites for hydroxylation is 1. The van der Waals surface area contributed by atoms with Crippen molar-refractivity contribution in [3.8, 4) is 0 Å². The average Bonchev–Trinajstić information content (AvgIpc) is 2.49. The molecule has 2 rings (SSSR count). The van der Waals surface area contributed by atoms with Crippen molar-refractivity contribution in [2.75, 3.05) is 17.3 Å². The van der Waals surface area contributed by atoms with Gasteiger partial charge in [-0.2, -0.15) is 0 Å². The zero-order chi connectivity index (χ0) is 15.1. The van der Waals surface area contributed by atoms with Crippen LogP contribution in [0, 0.1) is 11.8 Å². The molecule has 21 heavy (non-hydrogen) atoms. The quantitative estimate of drug-likeness (QED) is 0.530. The zero-order valence-corrected chi connectivity index (χ0v) is 13.4. The first kappa shape index (κ1) is 16.0. The molecule has 1 aromatic heterocycles. The third-order valence-electron chi connectivity index (χ3n) is 4.39. The van der Waals surface area contributed by atoms with E-state index < -0.39 is 0 Å². The van der Waals surface area contributed by atoms with E-state index in [2.05, 4.69) is 34.6 Å². The van der Waals surface area contributed by atoms with Crippen LogP contribution in [0.3, 0.4) is 0 Å². The van der Waals surface area contributed by atoms with Crippen LogP contribution in [-0.2, 0) is 6.42 Å². The van der Waals surface area contributed by atoms with Crippen molar-refractivity contribution in [1.82, 2.24) is 9.97 Å². The molecule has 0 radical (unpaired) electrons. The van der Waals surface area contributed by atoms with Gasteiger partial charge in [0.25, 0.3) is 0 Å². The first-order valence-electron chi connectivity index (χ1n) is 8.29. The minimum atomic E-state index is 0.683. The standard InChI is InChI=1S/C16H29N5/c1-3-4-14-19-15(11-16(20-14)21-17)18-10-9-13-7-5-12(2)6-8-13/h11-13H,3-10,17H2,1-2H3,(H2,18,19,20,21). The summed E-state index contributed by atoms with van der Waals surface area (Å²) in [5.74, 6) is 9.68.